The SMILES string of the molecule is CCCCCCCC/C=C/CCCCCCCCCCCCCC(=O)OC[C@H](COP(=O)(O)O)OC(=O)CCC/C=C/C/C=C/CCCCCCCCCCC. The van der Waals surface area contributed by atoms with E-state index < -0.39 is 32.5 Å². The van der Waals surface area contributed by atoms with Gasteiger partial charge in [0.25, 0.3) is 0 Å². The largest absolute Gasteiger partial charge is 0.469 e. The Morgan fingerprint density at radius 2 is 0.821 bits per heavy atom. The van der Waals surface area contributed by atoms with Crippen molar-refractivity contribution in [3.63, 3.8) is 0 Å². The number of ether oxygens (including phenoxy) is 2. The third-order valence-corrected chi connectivity index (χ3v) is 10.6. The Hall–Kier alpha value is -1.73. The molecule has 0 rings (SSSR count). The first-order valence-electron chi connectivity index (χ1n) is 23.3. The molecule has 0 aliphatic rings. The highest BCUT2D eigenvalue weighted by Gasteiger charge is 2.22. The fourth-order valence-corrected chi connectivity index (χ4v) is 7.00. The average molecular weight is 811 g/mol. The summed E-state index contributed by atoms with van der Waals surface area (Å²) >= 11 is 0. The molecular weight excluding hydrogens is 723 g/mol. The summed E-state index contributed by atoms with van der Waals surface area (Å²) in [4.78, 5) is 42.9. The summed E-state index contributed by atoms with van der Waals surface area (Å²) in [6.45, 7) is 3.67. The Bertz CT molecular complexity index is 1000. The standard InChI is InChI=1S/C47H87O8P/c1-3-5-7-9-11-13-15-17-19-21-22-23-24-26-27-29-31-33-35-37-39-41-46(48)53-43-45(44-54-56(50,51)52)55-47(49)42-40-38-36-34-32-30-28-25-20-18-16-14-12-10-8-6-4-2/h17,19,28,30,34,36,45H,3-16,18,20-27,29,31-33,35,37-44H2,1-2H3,(H2,50,51,52)/b19-17+,30-28+,36-34+/t45-/m1/s1. The van der Waals surface area contributed by atoms with Crippen LogP contribution >= 0.6 is 7.82 Å². The van der Waals surface area contributed by atoms with Crippen molar-refractivity contribution in [2.75, 3.05) is 13.2 Å². The molecule has 2 N–H and O–H groups in total. The molecule has 0 amide bonds. The van der Waals surface area contributed by atoms with E-state index in [1.165, 1.54) is 161 Å². The highest BCUT2D eigenvalue weighted by Crippen LogP contribution is 2.36. The fraction of sp³-hybridized carbons (Fsp3) is 0.830. The lowest BCUT2D eigenvalue weighted by Crippen LogP contribution is -2.29. The summed E-state index contributed by atoms with van der Waals surface area (Å²) in [5.74, 6) is -0.931. The van der Waals surface area contributed by atoms with Gasteiger partial charge in [0.2, 0.25) is 0 Å². The number of esters is 2. The summed E-state index contributed by atoms with van der Waals surface area (Å²) in [6, 6.07) is 0. The van der Waals surface area contributed by atoms with Crippen LogP contribution in [-0.2, 0) is 28.2 Å². The van der Waals surface area contributed by atoms with Crippen molar-refractivity contribution in [2.45, 2.75) is 238 Å². The first-order valence-corrected chi connectivity index (χ1v) is 24.8. The summed E-state index contributed by atoms with van der Waals surface area (Å²) in [5, 5.41) is 0. The van der Waals surface area contributed by atoms with Gasteiger partial charge in [0.15, 0.2) is 6.10 Å². The lowest BCUT2D eigenvalue weighted by atomic mass is 10.0. The van der Waals surface area contributed by atoms with E-state index in [1.54, 1.807) is 0 Å². The number of rotatable bonds is 43. The van der Waals surface area contributed by atoms with Crippen molar-refractivity contribution in [3.05, 3.63) is 36.5 Å². The van der Waals surface area contributed by atoms with E-state index in [4.69, 9.17) is 19.3 Å². The van der Waals surface area contributed by atoms with Gasteiger partial charge in [-0.25, -0.2) is 4.57 Å². The second-order valence-corrected chi connectivity index (χ2v) is 17.0. The molecule has 0 fully saturated rings. The third-order valence-electron chi connectivity index (χ3n) is 10.1. The first-order chi connectivity index (χ1) is 27.3. The minimum absolute atomic E-state index is 0.149. The Kier molecular flexibility index (Phi) is 41.5. The number of phosphoric acid groups is 1. The van der Waals surface area contributed by atoms with Crippen LogP contribution in [0.1, 0.15) is 232 Å². The second kappa shape index (κ2) is 42.9. The van der Waals surface area contributed by atoms with E-state index in [1.807, 2.05) is 6.08 Å². The maximum absolute atomic E-state index is 12.4. The van der Waals surface area contributed by atoms with Gasteiger partial charge in [-0.15, -0.1) is 0 Å². The van der Waals surface area contributed by atoms with E-state index in [2.05, 4.69) is 48.8 Å². The lowest BCUT2D eigenvalue weighted by molar-refractivity contribution is -0.161. The Morgan fingerprint density at radius 3 is 1.25 bits per heavy atom. The van der Waals surface area contributed by atoms with Crippen LogP contribution in [0.2, 0.25) is 0 Å². The molecule has 328 valence electrons. The van der Waals surface area contributed by atoms with Gasteiger partial charge >= 0.3 is 19.8 Å². The molecule has 0 aromatic heterocycles. The zero-order valence-electron chi connectivity index (χ0n) is 36.3. The van der Waals surface area contributed by atoms with Gasteiger partial charge in [0.1, 0.15) is 6.61 Å². The maximum Gasteiger partial charge on any atom is 0.469 e. The average Bonchev–Trinajstić information content (AvgIpc) is 3.17. The van der Waals surface area contributed by atoms with Gasteiger partial charge in [0, 0.05) is 12.8 Å². The molecule has 0 radical (unpaired) electrons. The number of hydrogen-bond donors (Lipinski definition) is 2. The minimum Gasteiger partial charge on any atom is -0.462 e. The molecule has 0 spiro atoms. The van der Waals surface area contributed by atoms with E-state index >= 15 is 0 Å². The zero-order valence-corrected chi connectivity index (χ0v) is 37.2. The molecule has 0 bridgehead atoms. The van der Waals surface area contributed by atoms with Crippen LogP contribution in [0.5, 0.6) is 0 Å². The molecule has 56 heavy (non-hydrogen) atoms. The van der Waals surface area contributed by atoms with Crippen LogP contribution in [0.25, 0.3) is 0 Å². The highest BCUT2D eigenvalue weighted by molar-refractivity contribution is 7.46. The number of carbonyl (C=O) groups is 2. The van der Waals surface area contributed by atoms with Crippen LogP contribution in [-0.4, -0.2) is 41.0 Å². The van der Waals surface area contributed by atoms with Crippen LogP contribution in [0, 0.1) is 0 Å². The van der Waals surface area contributed by atoms with E-state index in [9.17, 15) is 14.2 Å². The fourth-order valence-electron chi connectivity index (χ4n) is 6.64. The zero-order chi connectivity index (χ0) is 41.1. The van der Waals surface area contributed by atoms with Crippen LogP contribution in [0.3, 0.4) is 0 Å². The second-order valence-electron chi connectivity index (χ2n) is 15.7. The molecule has 8 nitrogen and oxygen atoms in total. The van der Waals surface area contributed by atoms with Gasteiger partial charge in [-0.2, -0.15) is 0 Å². The van der Waals surface area contributed by atoms with E-state index in [-0.39, 0.29) is 19.4 Å². The predicted octanol–water partition coefficient (Wildman–Crippen LogP) is 14.5. The normalized spacial score (nSPS) is 12.7. The van der Waals surface area contributed by atoms with Gasteiger partial charge < -0.3 is 19.3 Å². The van der Waals surface area contributed by atoms with E-state index in [0.717, 1.165) is 38.5 Å². The van der Waals surface area contributed by atoms with Gasteiger partial charge in [-0.05, 0) is 64.2 Å². The van der Waals surface area contributed by atoms with E-state index in [0.29, 0.717) is 6.42 Å². The van der Waals surface area contributed by atoms with Gasteiger partial charge in [-0.1, -0.05) is 192 Å². The summed E-state index contributed by atoms with van der Waals surface area (Å²) in [5.41, 5.74) is 0. The molecule has 0 aliphatic carbocycles. The maximum atomic E-state index is 12.4. The van der Waals surface area contributed by atoms with Gasteiger partial charge in [-0.3, -0.25) is 14.1 Å². The van der Waals surface area contributed by atoms with Crippen molar-refractivity contribution in [2.24, 2.45) is 0 Å². The smallest absolute Gasteiger partial charge is 0.462 e. The number of phosphoric ester groups is 1. The van der Waals surface area contributed by atoms with Crippen LogP contribution in [0.4, 0.5) is 0 Å². The quantitative estimate of drug-likeness (QED) is 0.0270. The number of carbonyl (C=O) groups excluding carboxylic acids is 2. The summed E-state index contributed by atoms with van der Waals surface area (Å²) in [7, 11) is -4.77. The van der Waals surface area contributed by atoms with Crippen molar-refractivity contribution in [3.8, 4) is 0 Å². The third kappa shape index (κ3) is 45.0. The van der Waals surface area contributed by atoms with Crippen molar-refractivity contribution in [1.29, 1.82) is 0 Å². The number of unbranched alkanes of at least 4 members (excludes halogenated alkanes) is 27. The summed E-state index contributed by atoms with van der Waals surface area (Å²) < 4.78 is 26.4. The lowest BCUT2D eigenvalue weighted by Gasteiger charge is -2.18. The molecular formula is C47H87O8P. The molecule has 0 saturated carbocycles. The van der Waals surface area contributed by atoms with Crippen LogP contribution in [0.15, 0.2) is 36.5 Å². The number of hydrogen-bond acceptors (Lipinski definition) is 6. The summed E-state index contributed by atoms with van der Waals surface area (Å²) in [6.07, 6.45) is 51.7. The topological polar surface area (TPSA) is 119 Å². The molecule has 9 heteroatoms. The molecule has 0 aliphatic heterocycles. The monoisotopic (exact) mass is 811 g/mol. The Labute approximate surface area is 344 Å². The molecule has 0 saturated heterocycles. The van der Waals surface area contributed by atoms with Crippen molar-refractivity contribution >= 4 is 19.8 Å². The molecule has 0 aromatic carbocycles. The van der Waals surface area contributed by atoms with Crippen molar-refractivity contribution in [1.82, 2.24) is 0 Å². The number of allylic oxidation sites excluding steroid dienone is 6. The molecule has 0 heterocycles. The first kappa shape index (κ1) is 54.3. The Morgan fingerprint density at radius 1 is 0.464 bits per heavy atom. The van der Waals surface area contributed by atoms with Gasteiger partial charge in [0.05, 0.1) is 6.61 Å². The predicted molar refractivity (Wildman–Crippen MR) is 235 cm³/mol. The molecule has 0 unspecified atom stereocenters. The molecule has 0 aromatic rings. The molecule has 1 atom stereocenters. The highest BCUT2D eigenvalue weighted by atomic mass is 31.2. The Balaban J connectivity index is 3.89. The minimum atomic E-state index is -4.77. The van der Waals surface area contributed by atoms with Crippen molar-refractivity contribution < 1.29 is 37.9 Å². The van der Waals surface area contributed by atoms with Crippen LogP contribution < -0.4 is 0 Å².